The normalized spacial score (nSPS) is 12.6. The molecule has 0 spiro atoms. The van der Waals surface area contributed by atoms with Gasteiger partial charge in [-0.3, -0.25) is 0 Å². The van der Waals surface area contributed by atoms with Gasteiger partial charge in [0, 0.05) is 25.4 Å². The van der Waals surface area contributed by atoms with E-state index in [9.17, 15) is 0 Å². The summed E-state index contributed by atoms with van der Waals surface area (Å²) < 4.78 is 3.64. The summed E-state index contributed by atoms with van der Waals surface area (Å²) in [7, 11) is 0. The van der Waals surface area contributed by atoms with Crippen molar-refractivity contribution in [2.75, 3.05) is 6.54 Å². The highest BCUT2D eigenvalue weighted by Gasteiger charge is 2.15. The number of nitrogens with one attached hydrogen (secondary N) is 1. The van der Waals surface area contributed by atoms with Crippen LogP contribution in [-0.2, 0) is 6.42 Å². The first-order chi connectivity index (χ1) is 9.10. The Morgan fingerprint density at radius 1 is 1.26 bits per heavy atom. The Bertz CT molecular complexity index is 556. The van der Waals surface area contributed by atoms with Gasteiger partial charge in [0.25, 0.3) is 0 Å². The number of benzene rings is 1. The molecule has 1 atom stereocenters. The lowest BCUT2D eigenvalue weighted by Crippen LogP contribution is -2.23. The maximum Gasteiger partial charge on any atom is 0.0701 e. The first-order valence-electron chi connectivity index (χ1n) is 6.02. The van der Waals surface area contributed by atoms with Gasteiger partial charge in [0.05, 0.1) is 3.79 Å². The summed E-state index contributed by atoms with van der Waals surface area (Å²) in [6.07, 6.45) is 1.02. The average Bonchev–Trinajstić information content (AvgIpc) is 2.77. The number of likely N-dealkylation sites (N-methyl/N-ethyl adjacent to an activating group) is 1. The zero-order chi connectivity index (χ0) is 13.8. The Hall–Kier alpha value is 0.570. The van der Waals surface area contributed by atoms with Crippen molar-refractivity contribution in [2.45, 2.75) is 19.4 Å². The maximum absolute atomic E-state index is 3.67. The molecular weight excluding hydrogens is 501 g/mol. The largest absolute Gasteiger partial charge is 0.310 e. The molecule has 1 nitrogen and oxygen atoms in total. The fraction of sp³-hybridized carbons (Fsp3) is 0.286. The predicted molar refractivity (Wildman–Crippen MR) is 99.0 cm³/mol. The lowest BCUT2D eigenvalue weighted by atomic mass is 10.0. The van der Waals surface area contributed by atoms with Gasteiger partial charge in [0.15, 0.2) is 0 Å². The molecule has 5 heteroatoms. The third-order valence-corrected chi connectivity index (χ3v) is 5.86. The lowest BCUT2D eigenvalue weighted by Gasteiger charge is -2.19. The van der Waals surface area contributed by atoms with Crippen LogP contribution in [0.4, 0.5) is 0 Å². The van der Waals surface area contributed by atoms with Crippen LogP contribution in [0, 0.1) is 3.57 Å². The van der Waals surface area contributed by atoms with Crippen LogP contribution in [0.3, 0.4) is 0 Å². The van der Waals surface area contributed by atoms with Crippen LogP contribution >= 0.6 is 65.8 Å². The monoisotopic (exact) mass is 513 g/mol. The Kier molecular flexibility index (Phi) is 6.33. The molecule has 0 saturated heterocycles. The second-order valence-electron chi connectivity index (χ2n) is 4.19. The molecule has 1 N–H and O–H groups in total. The number of halogens is 3. The van der Waals surface area contributed by atoms with E-state index in [1.165, 1.54) is 22.3 Å². The van der Waals surface area contributed by atoms with Crippen molar-refractivity contribution < 1.29 is 0 Å². The Labute approximate surface area is 148 Å². The molecular formula is C14H14Br2INS. The molecule has 1 unspecified atom stereocenters. The zero-order valence-corrected chi connectivity index (χ0v) is 16.6. The molecule has 102 valence electrons. The van der Waals surface area contributed by atoms with Gasteiger partial charge in [-0.2, -0.15) is 0 Å². The molecule has 0 saturated carbocycles. The summed E-state index contributed by atoms with van der Waals surface area (Å²) in [6.45, 7) is 3.12. The minimum Gasteiger partial charge on any atom is -0.310 e. The zero-order valence-electron chi connectivity index (χ0n) is 10.4. The van der Waals surface area contributed by atoms with E-state index in [0.29, 0.717) is 6.04 Å². The number of hydrogen-bond acceptors (Lipinski definition) is 2. The van der Waals surface area contributed by atoms with Gasteiger partial charge in [-0.05, 0) is 81.0 Å². The van der Waals surface area contributed by atoms with Crippen molar-refractivity contribution in [1.29, 1.82) is 0 Å². The van der Waals surface area contributed by atoms with E-state index in [1.54, 1.807) is 11.3 Å². The number of thiophene rings is 1. The molecule has 1 aromatic heterocycles. The predicted octanol–water partition coefficient (Wildman–Crippen LogP) is 5.77. The minimum absolute atomic E-state index is 0.347. The van der Waals surface area contributed by atoms with Gasteiger partial charge in [-0.25, -0.2) is 0 Å². The summed E-state index contributed by atoms with van der Waals surface area (Å²) >= 11 is 11.4. The smallest absolute Gasteiger partial charge is 0.0701 e. The van der Waals surface area contributed by atoms with Gasteiger partial charge in [0.2, 0.25) is 0 Å². The summed E-state index contributed by atoms with van der Waals surface area (Å²) in [4.78, 5) is 1.39. The van der Waals surface area contributed by atoms with Crippen molar-refractivity contribution in [3.05, 3.63) is 52.6 Å². The van der Waals surface area contributed by atoms with Crippen molar-refractivity contribution >= 4 is 65.8 Å². The second-order valence-corrected chi connectivity index (χ2v) is 8.83. The van der Waals surface area contributed by atoms with E-state index in [0.717, 1.165) is 13.0 Å². The van der Waals surface area contributed by atoms with Crippen LogP contribution in [0.5, 0.6) is 0 Å². The van der Waals surface area contributed by atoms with E-state index in [1.807, 2.05) is 0 Å². The molecule has 0 bridgehead atoms. The van der Waals surface area contributed by atoms with Gasteiger partial charge in [0.1, 0.15) is 0 Å². The van der Waals surface area contributed by atoms with Gasteiger partial charge in [-0.1, -0.05) is 22.9 Å². The highest BCUT2D eigenvalue weighted by Crippen LogP contribution is 2.31. The van der Waals surface area contributed by atoms with E-state index < -0.39 is 0 Å². The van der Waals surface area contributed by atoms with Crippen molar-refractivity contribution in [1.82, 2.24) is 5.32 Å². The Morgan fingerprint density at radius 2 is 2.05 bits per heavy atom. The summed E-state index contributed by atoms with van der Waals surface area (Å²) in [5.74, 6) is 0. The molecule has 19 heavy (non-hydrogen) atoms. The quantitative estimate of drug-likeness (QED) is 0.499. The van der Waals surface area contributed by atoms with E-state index >= 15 is 0 Å². The Balaban J connectivity index is 2.26. The SMILES string of the molecule is CCNC(Cc1ccc(Br)s1)c1cc(I)ccc1Br. The van der Waals surface area contributed by atoms with Crippen molar-refractivity contribution in [2.24, 2.45) is 0 Å². The van der Waals surface area contributed by atoms with E-state index in [2.05, 4.69) is 97.0 Å². The van der Waals surface area contributed by atoms with Gasteiger partial charge >= 0.3 is 0 Å². The van der Waals surface area contributed by atoms with Crippen LogP contribution in [0.1, 0.15) is 23.4 Å². The molecule has 1 aromatic carbocycles. The topological polar surface area (TPSA) is 12.0 Å². The number of rotatable bonds is 5. The third kappa shape index (κ3) is 4.52. The van der Waals surface area contributed by atoms with Gasteiger partial charge in [-0.15, -0.1) is 11.3 Å². The first-order valence-corrected chi connectivity index (χ1v) is 9.50. The summed E-state index contributed by atoms with van der Waals surface area (Å²) in [5, 5.41) is 3.58. The molecule has 2 aromatic rings. The van der Waals surface area contributed by atoms with Crippen LogP contribution < -0.4 is 5.32 Å². The fourth-order valence-corrected chi connectivity index (χ4v) is 4.55. The molecule has 0 amide bonds. The molecule has 0 aliphatic heterocycles. The van der Waals surface area contributed by atoms with Crippen LogP contribution in [0.15, 0.2) is 38.6 Å². The molecule has 0 aliphatic carbocycles. The standard InChI is InChI=1S/C14H14Br2INS/c1-2-18-13(8-10-4-6-14(16)19-10)11-7-9(17)3-5-12(11)15/h3-7,13,18H,2,8H2,1H3. The van der Waals surface area contributed by atoms with Crippen LogP contribution in [-0.4, -0.2) is 6.54 Å². The average molecular weight is 515 g/mol. The van der Waals surface area contributed by atoms with Crippen molar-refractivity contribution in [3.8, 4) is 0 Å². The van der Waals surface area contributed by atoms with E-state index in [-0.39, 0.29) is 0 Å². The summed E-state index contributed by atoms with van der Waals surface area (Å²) in [6, 6.07) is 11.2. The summed E-state index contributed by atoms with van der Waals surface area (Å²) in [5.41, 5.74) is 1.33. The second kappa shape index (κ2) is 7.54. The molecule has 1 heterocycles. The highest BCUT2D eigenvalue weighted by molar-refractivity contribution is 14.1. The van der Waals surface area contributed by atoms with Crippen molar-refractivity contribution in [3.63, 3.8) is 0 Å². The minimum atomic E-state index is 0.347. The first kappa shape index (κ1) is 15.9. The lowest BCUT2D eigenvalue weighted by molar-refractivity contribution is 0.551. The van der Waals surface area contributed by atoms with E-state index in [4.69, 9.17) is 0 Å². The van der Waals surface area contributed by atoms with Crippen LogP contribution in [0.25, 0.3) is 0 Å². The third-order valence-electron chi connectivity index (χ3n) is 2.82. The molecule has 2 rings (SSSR count). The number of hydrogen-bond donors (Lipinski definition) is 1. The highest BCUT2D eigenvalue weighted by atomic mass is 127. The molecule has 0 radical (unpaired) electrons. The van der Waals surface area contributed by atoms with Crippen LogP contribution in [0.2, 0.25) is 0 Å². The van der Waals surface area contributed by atoms with Gasteiger partial charge < -0.3 is 5.32 Å². The fourth-order valence-electron chi connectivity index (χ4n) is 1.98. The molecule has 0 aliphatic rings. The molecule has 0 fully saturated rings. The maximum atomic E-state index is 3.67. The Morgan fingerprint density at radius 3 is 2.68 bits per heavy atom.